The lowest BCUT2D eigenvalue weighted by atomic mass is 10.0. The van der Waals surface area contributed by atoms with Crippen molar-refractivity contribution in [2.75, 3.05) is 0 Å². The fourth-order valence-corrected chi connectivity index (χ4v) is 3.00. The van der Waals surface area contributed by atoms with Crippen molar-refractivity contribution in [3.63, 3.8) is 0 Å². The van der Waals surface area contributed by atoms with Crippen LogP contribution in [0.5, 0.6) is 5.75 Å². The van der Waals surface area contributed by atoms with E-state index < -0.39 is 17.7 Å². The van der Waals surface area contributed by atoms with Crippen LogP contribution in [0.25, 0.3) is 0 Å². The molecule has 0 bridgehead atoms. The predicted octanol–water partition coefficient (Wildman–Crippen LogP) is 3.86. The number of benzene rings is 2. The molecule has 2 N–H and O–H groups in total. The van der Waals surface area contributed by atoms with E-state index in [-0.39, 0.29) is 12.3 Å². The molecule has 0 aliphatic carbocycles. The zero-order valence-corrected chi connectivity index (χ0v) is 16.5. The van der Waals surface area contributed by atoms with Crippen LogP contribution in [0.1, 0.15) is 42.9 Å². The van der Waals surface area contributed by atoms with Crippen LogP contribution in [-0.2, 0) is 16.2 Å². The molecule has 1 heterocycles. The van der Waals surface area contributed by atoms with Gasteiger partial charge in [-0.1, -0.05) is 42.5 Å². The van der Waals surface area contributed by atoms with Gasteiger partial charge in [0, 0.05) is 25.7 Å². The summed E-state index contributed by atoms with van der Waals surface area (Å²) in [7, 11) is 0. The molecule has 0 radical (unpaired) electrons. The number of carboxylic acid groups (broad SMARTS) is 1. The van der Waals surface area contributed by atoms with Crippen molar-refractivity contribution in [3.8, 4) is 18.1 Å². The van der Waals surface area contributed by atoms with Crippen molar-refractivity contribution in [2.45, 2.75) is 44.0 Å². The molecule has 2 aromatic rings. The number of hydrogen-bond acceptors (Lipinski definition) is 5. The first kappa shape index (κ1) is 21.1. The van der Waals surface area contributed by atoms with Gasteiger partial charge < -0.3 is 15.2 Å². The molecule has 3 rings (SSSR count). The maximum absolute atomic E-state index is 12.3. The molecule has 7 nitrogen and oxygen atoms in total. The highest BCUT2D eigenvalue weighted by atomic mass is 16.5. The summed E-state index contributed by atoms with van der Waals surface area (Å²) in [4.78, 5) is 24.0. The Balaban J connectivity index is 1.53. The summed E-state index contributed by atoms with van der Waals surface area (Å²) >= 11 is 0. The Hall–Kier alpha value is -3.66. The largest absolute Gasteiger partial charge is 0.489 e. The van der Waals surface area contributed by atoms with Gasteiger partial charge in [-0.05, 0) is 23.3 Å². The van der Waals surface area contributed by atoms with Gasteiger partial charge in [0.25, 0.3) is 0 Å². The van der Waals surface area contributed by atoms with E-state index in [0.29, 0.717) is 37.2 Å². The van der Waals surface area contributed by atoms with Crippen LogP contribution >= 0.6 is 0 Å². The van der Waals surface area contributed by atoms with Gasteiger partial charge in [-0.15, -0.1) is 12.3 Å². The summed E-state index contributed by atoms with van der Waals surface area (Å²) in [5.41, 5.74) is 0.928. The number of hydrogen-bond donors (Lipinski definition) is 2. The van der Waals surface area contributed by atoms with E-state index in [1.54, 1.807) is 24.3 Å². The summed E-state index contributed by atoms with van der Waals surface area (Å²) in [6.45, 7) is 0.414. The quantitative estimate of drug-likeness (QED) is 0.554. The van der Waals surface area contributed by atoms with Gasteiger partial charge in [-0.25, -0.2) is 4.79 Å². The number of amides is 1. The molecular formula is C23H23N3O4. The molecule has 0 saturated heterocycles. The Morgan fingerprint density at radius 3 is 2.40 bits per heavy atom. The average Bonchev–Trinajstić information content (AvgIpc) is 3.54. The van der Waals surface area contributed by atoms with Gasteiger partial charge in [-0.3, -0.25) is 4.79 Å². The summed E-state index contributed by atoms with van der Waals surface area (Å²) in [5.74, 6) is 1.64. The van der Waals surface area contributed by atoms with E-state index in [9.17, 15) is 14.7 Å². The van der Waals surface area contributed by atoms with Crippen molar-refractivity contribution >= 4 is 11.9 Å². The number of carbonyl (C=O) groups is 2. The monoisotopic (exact) mass is 405 g/mol. The minimum absolute atomic E-state index is 0.125. The smallest absolute Gasteiger partial charge is 0.330 e. The fourth-order valence-electron chi connectivity index (χ4n) is 3.00. The Morgan fingerprint density at radius 1 is 1.10 bits per heavy atom. The van der Waals surface area contributed by atoms with E-state index in [1.807, 2.05) is 30.3 Å². The number of nitrogens with zero attached hydrogens (tertiary/aromatic N) is 2. The molecule has 30 heavy (non-hydrogen) atoms. The molecule has 1 amide bonds. The molecule has 1 unspecified atom stereocenters. The third kappa shape index (κ3) is 5.92. The summed E-state index contributed by atoms with van der Waals surface area (Å²) in [5, 5.41) is 20.1. The van der Waals surface area contributed by atoms with Crippen LogP contribution in [0.4, 0.5) is 0 Å². The van der Waals surface area contributed by atoms with Gasteiger partial charge >= 0.3 is 5.97 Å². The van der Waals surface area contributed by atoms with Crippen molar-refractivity contribution in [2.24, 2.45) is 10.2 Å². The number of rotatable bonds is 11. The van der Waals surface area contributed by atoms with E-state index in [1.165, 1.54) is 0 Å². The van der Waals surface area contributed by atoms with E-state index in [0.717, 1.165) is 5.56 Å². The number of aliphatic carboxylic acids is 1. The normalized spacial score (nSPS) is 14.4. The van der Waals surface area contributed by atoms with Crippen molar-refractivity contribution < 1.29 is 19.4 Å². The van der Waals surface area contributed by atoms with Gasteiger partial charge in [0.05, 0.1) is 0 Å². The topological polar surface area (TPSA) is 100 Å². The van der Waals surface area contributed by atoms with Crippen molar-refractivity contribution in [1.82, 2.24) is 5.32 Å². The molecule has 0 fully saturated rings. The number of ether oxygens (including phenoxy) is 1. The predicted molar refractivity (Wildman–Crippen MR) is 111 cm³/mol. The molecule has 7 heteroatoms. The number of nitrogens with one attached hydrogen (secondary N) is 1. The third-order valence-corrected chi connectivity index (χ3v) is 4.82. The molecule has 1 atom stereocenters. The number of carbonyl (C=O) groups excluding carboxylic acids is 1. The Kier molecular flexibility index (Phi) is 6.81. The second kappa shape index (κ2) is 9.70. The average molecular weight is 405 g/mol. The molecule has 1 aliphatic rings. The molecule has 2 aromatic carbocycles. The van der Waals surface area contributed by atoms with Crippen LogP contribution in [0, 0.1) is 12.3 Å². The second-order valence-corrected chi connectivity index (χ2v) is 7.07. The minimum Gasteiger partial charge on any atom is -0.489 e. The lowest BCUT2D eigenvalue weighted by Gasteiger charge is -2.16. The number of carboxylic acids is 1. The molecule has 0 aromatic heterocycles. The van der Waals surface area contributed by atoms with Gasteiger partial charge in [0.2, 0.25) is 5.91 Å². The molecule has 0 spiro atoms. The van der Waals surface area contributed by atoms with Gasteiger partial charge in [-0.2, -0.15) is 10.2 Å². The third-order valence-electron chi connectivity index (χ3n) is 4.82. The first-order valence-corrected chi connectivity index (χ1v) is 9.68. The molecule has 0 saturated carbocycles. The van der Waals surface area contributed by atoms with Crippen molar-refractivity contribution in [3.05, 3.63) is 65.7 Å². The summed E-state index contributed by atoms with van der Waals surface area (Å²) in [6, 6.07) is 15.2. The van der Waals surface area contributed by atoms with Crippen LogP contribution in [0.15, 0.2) is 64.8 Å². The Morgan fingerprint density at radius 2 is 1.80 bits per heavy atom. The standard InChI is InChI=1S/C23H23N3O4/c1-2-3-14-23(25-26-23)15-13-20(27)24-21(22(28)29)18-9-11-19(12-10-18)30-16-17-7-5-4-6-8-17/h1,4-12,21H,3,13-16H2,(H,24,27)(H,28,29). The molecule has 154 valence electrons. The maximum Gasteiger partial charge on any atom is 0.330 e. The minimum atomic E-state index is -1.14. The van der Waals surface area contributed by atoms with Crippen LogP contribution in [-0.4, -0.2) is 22.6 Å². The van der Waals surface area contributed by atoms with Crippen molar-refractivity contribution in [1.29, 1.82) is 0 Å². The Labute approximate surface area is 175 Å². The summed E-state index contributed by atoms with van der Waals surface area (Å²) in [6.07, 6.45) is 6.93. The first-order valence-electron chi connectivity index (χ1n) is 9.68. The van der Waals surface area contributed by atoms with Gasteiger partial charge in [0.15, 0.2) is 11.7 Å². The zero-order valence-electron chi connectivity index (χ0n) is 16.5. The number of terminal acetylenes is 1. The zero-order chi connectivity index (χ0) is 21.4. The maximum atomic E-state index is 12.3. The van der Waals surface area contributed by atoms with Crippen LogP contribution in [0.2, 0.25) is 0 Å². The summed E-state index contributed by atoms with van der Waals surface area (Å²) < 4.78 is 5.71. The van der Waals surface area contributed by atoms with Gasteiger partial charge in [0.1, 0.15) is 12.4 Å². The lowest BCUT2D eigenvalue weighted by molar-refractivity contribution is -0.142. The van der Waals surface area contributed by atoms with Crippen LogP contribution in [0.3, 0.4) is 0 Å². The van der Waals surface area contributed by atoms with E-state index in [2.05, 4.69) is 21.5 Å². The van der Waals surface area contributed by atoms with E-state index in [4.69, 9.17) is 11.2 Å². The second-order valence-electron chi connectivity index (χ2n) is 7.07. The first-order chi connectivity index (χ1) is 14.5. The molecular weight excluding hydrogens is 382 g/mol. The van der Waals surface area contributed by atoms with Crippen LogP contribution < -0.4 is 10.1 Å². The highest BCUT2D eigenvalue weighted by Crippen LogP contribution is 2.37. The SMILES string of the molecule is C#CCCC1(CCC(=O)NC(C(=O)O)c2ccc(OCc3ccccc3)cc2)N=N1. The highest BCUT2D eigenvalue weighted by Gasteiger charge is 2.39. The molecule has 1 aliphatic heterocycles. The fraction of sp³-hybridized carbons (Fsp3) is 0.304. The van der Waals surface area contributed by atoms with E-state index >= 15 is 0 Å². The highest BCUT2D eigenvalue weighted by molar-refractivity contribution is 5.84. The Bertz CT molecular complexity index is 943. The lowest BCUT2D eigenvalue weighted by Crippen LogP contribution is -2.34.